The van der Waals surface area contributed by atoms with Crippen molar-refractivity contribution in [1.82, 2.24) is 14.8 Å². The summed E-state index contributed by atoms with van der Waals surface area (Å²) in [6.45, 7) is 7.26. The van der Waals surface area contributed by atoms with Crippen LogP contribution < -0.4 is 4.74 Å². The van der Waals surface area contributed by atoms with Gasteiger partial charge in [0.1, 0.15) is 18.0 Å². The zero-order valence-electron chi connectivity index (χ0n) is 19.6. The summed E-state index contributed by atoms with van der Waals surface area (Å²) in [5.74, 6) is 0.446. The van der Waals surface area contributed by atoms with E-state index in [-0.39, 0.29) is 30.0 Å². The minimum Gasteiger partial charge on any atom is -0.497 e. The van der Waals surface area contributed by atoms with Crippen LogP contribution in [0.25, 0.3) is 10.9 Å². The number of piperazine rings is 1. The van der Waals surface area contributed by atoms with E-state index in [1.165, 1.54) is 0 Å². The van der Waals surface area contributed by atoms with E-state index >= 15 is 0 Å². The number of methoxy groups -OCH3 is 1. The molecule has 1 N–H and O–H groups in total. The van der Waals surface area contributed by atoms with Gasteiger partial charge in [-0.3, -0.25) is 9.59 Å². The second-order valence-electron chi connectivity index (χ2n) is 9.41. The Balaban J connectivity index is 1.55. The van der Waals surface area contributed by atoms with Crippen LogP contribution >= 0.6 is 0 Å². The number of aromatic amines is 1. The molecule has 0 unspecified atom stereocenters. The number of amides is 2. The summed E-state index contributed by atoms with van der Waals surface area (Å²) in [6, 6.07) is 17.1. The molecule has 33 heavy (non-hydrogen) atoms. The van der Waals surface area contributed by atoms with Crippen molar-refractivity contribution < 1.29 is 19.1 Å². The Morgan fingerprint density at radius 3 is 2.58 bits per heavy atom. The van der Waals surface area contributed by atoms with Crippen LogP contribution in [-0.4, -0.2) is 65.0 Å². The second-order valence-corrected chi connectivity index (χ2v) is 9.41. The predicted molar refractivity (Wildman–Crippen MR) is 127 cm³/mol. The van der Waals surface area contributed by atoms with Crippen molar-refractivity contribution in [3.05, 3.63) is 65.9 Å². The van der Waals surface area contributed by atoms with E-state index in [0.717, 1.165) is 22.2 Å². The summed E-state index contributed by atoms with van der Waals surface area (Å²) in [7, 11) is 1.61. The molecule has 0 saturated carbocycles. The topological polar surface area (TPSA) is 74.9 Å². The highest BCUT2D eigenvalue weighted by atomic mass is 16.5. The number of nitrogens with one attached hydrogen (secondary N) is 1. The Labute approximate surface area is 194 Å². The maximum atomic E-state index is 13.3. The van der Waals surface area contributed by atoms with E-state index in [2.05, 4.69) is 4.98 Å². The lowest BCUT2D eigenvalue weighted by Gasteiger charge is -2.41. The van der Waals surface area contributed by atoms with Crippen LogP contribution in [0.5, 0.6) is 5.75 Å². The van der Waals surface area contributed by atoms with Crippen LogP contribution in [-0.2, 0) is 16.1 Å². The minimum absolute atomic E-state index is 0.0381. The molecular formula is C26H31N3O4. The molecule has 3 aromatic rings. The number of nitrogens with zero attached hydrogens (tertiary/aromatic N) is 2. The average molecular weight is 450 g/mol. The number of ether oxygens (including phenoxy) is 2. The molecule has 2 aromatic carbocycles. The van der Waals surface area contributed by atoms with Gasteiger partial charge in [0, 0.05) is 24.0 Å². The first-order chi connectivity index (χ1) is 15.7. The molecule has 174 valence electrons. The zero-order chi connectivity index (χ0) is 23.6. The van der Waals surface area contributed by atoms with Crippen LogP contribution in [0.1, 0.15) is 36.8 Å². The first-order valence-electron chi connectivity index (χ1n) is 11.2. The maximum Gasteiger partial charge on any atom is 0.270 e. The fourth-order valence-electron chi connectivity index (χ4n) is 4.04. The number of H-pyrrole nitrogens is 1. The number of benzene rings is 2. The molecule has 0 spiro atoms. The third-order valence-electron chi connectivity index (χ3n) is 5.77. The summed E-state index contributed by atoms with van der Waals surface area (Å²) < 4.78 is 11.3. The van der Waals surface area contributed by atoms with Gasteiger partial charge in [0.2, 0.25) is 5.91 Å². The van der Waals surface area contributed by atoms with Gasteiger partial charge in [0.05, 0.1) is 25.4 Å². The number of carbonyl (C=O) groups is 2. The van der Waals surface area contributed by atoms with Crippen LogP contribution in [0.2, 0.25) is 0 Å². The molecule has 1 saturated heterocycles. The number of rotatable bonds is 6. The van der Waals surface area contributed by atoms with Crippen molar-refractivity contribution in [3.63, 3.8) is 0 Å². The molecule has 4 rings (SSSR count). The lowest BCUT2D eigenvalue weighted by molar-refractivity contribution is -0.143. The van der Waals surface area contributed by atoms with Gasteiger partial charge in [-0.2, -0.15) is 0 Å². The molecule has 2 amide bonds. The highest BCUT2D eigenvalue weighted by molar-refractivity contribution is 6.00. The fourth-order valence-corrected chi connectivity index (χ4v) is 4.04. The predicted octanol–water partition coefficient (Wildman–Crippen LogP) is 3.84. The van der Waals surface area contributed by atoms with Crippen molar-refractivity contribution in [1.29, 1.82) is 0 Å². The largest absolute Gasteiger partial charge is 0.497 e. The molecule has 0 radical (unpaired) electrons. The minimum atomic E-state index is -0.343. The molecule has 7 nitrogen and oxygen atoms in total. The van der Waals surface area contributed by atoms with Crippen LogP contribution in [0.4, 0.5) is 0 Å². The SMILES string of the molecule is COc1ccc2[nH]c(C(=O)N3CC(=O)N(Cc4ccccc4)[C@@H](COC(C)(C)C)C3)cc2c1. The molecule has 7 heteroatoms. The second kappa shape index (κ2) is 9.27. The van der Waals surface area contributed by atoms with Crippen molar-refractivity contribution >= 4 is 22.7 Å². The highest BCUT2D eigenvalue weighted by Gasteiger charge is 2.36. The van der Waals surface area contributed by atoms with E-state index in [1.807, 2.05) is 80.3 Å². The zero-order valence-corrected chi connectivity index (χ0v) is 19.6. The summed E-state index contributed by atoms with van der Waals surface area (Å²) in [6.07, 6.45) is 0. The van der Waals surface area contributed by atoms with Gasteiger partial charge in [0.15, 0.2) is 0 Å². The van der Waals surface area contributed by atoms with Gasteiger partial charge in [-0.1, -0.05) is 30.3 Å². The lowest BCUT2D eigenvalue weighted by atomic mass is 10.1. The Morgan fingerprint density at radius 2 is 1.88 bits per heavy atom. The Kier molecular flexibility index (Phi) is 6.42. The van der Waals surface area contributed by atoms with Gasteiger partial charge in [-0.25, -0.2) is 0 Å². The quantitative estimate of drug-likeness (QED) is 0.620. The van der Waals surface area contributed by atoms with Gasteiger partial charge in [-0.15, -0.1) is 0 Å². The normalized spacial score (nSPS) is 17.0. The number of aromatic nitrogens is 1. The third kappa shape index (κ3) is 5.37. The molecule has 0 bridgehead atoms. The Morgan fingerprint density at radius 1 is 1.12 bits per heavy atom. The molecule has 2 heterocycles. The molecule has 1 atom stereocenters. The van der Waals surface area contributed by atoms with Crippen molar-refractivity contribution in [3.8, 4) is 5.75 Å². The summed E-state index contributed by atoms with van der Waals surface area (Å²) in [5, 5.41) is 0.888. The van der Waals surface area contributed by atoms with Gasteiger partial charge in [0.25, 0.3) is 5.91 Å². The number of carbonyl (C=O) groups excluding carboxylic acids is 2. The van der Waals surface area contributed by atoms with Gasteiger partial charge in [-0.05, 0) is 50.6 Å². The number of fused-ring (bicyclic) bond motifs is 1. The van der Waals surface area contributed by atoms with E-state index in [1.54, 1.807) is 12.0 Å². The van der Waals surface area contributed by atoms with E-state index < -0.39 is 0 Å². The monoisotopic (exact) mass is 449 g/mol. The Bertz CT molecular complexity index is 1130. The molecule has 1 aliphatic rings. The smallest absolute Gasteiger partial charge is 0.270 e. The van der Waals surface area contributed by atoms with Crippen molar-refractivity contribution in [2.75, 3.05) is 26.8 Å². The molecule has 0 aliphatic carbocycles. The summed E-state index contributed by atoms with van der Waals surface area (Å²) in [4.78, 5) is 33.1. The first kappa shape index (κ1) is 22.9. The van der Waals surface area contributed by atoms with Crippen LogP contribution in [0, 0.1) is 0 Å². The molecule has 1 aliphatic heterocycles. The highest BCUT2D eigenvalue weighted by Crippen LogP contribution is 2.24. The standard InChI is InChI=1S/C26H31N3O4/c1-26(2,3)33-17-20-15-28(16-24(30)29(20)14-18-8-6-5-7-9-18)25(31)23-13-19-12-21(32-4)10-11-22(19)27-23/h5-13,20,27H,14-17H2,1-4H3/t20-/m1/s1. The van der Waals surface area contributed by atoms with E-state index in [0.29, 0.717) is 25.4 Å². The third-order valence-corrected chi connectivity index (χ3v) is 5.77. The lowest BCUT2D eigenvalue weighted by Crippen LogP contribution is -2.59. The van der Waals surface area contributed by atoms with E-state index in [4.69, 9.17) is 9.47 Å². The maximum absolute atomic E-state index is 13.3. The average Bonchev–Trinajstić information content (AvgIpc) is 3.22. The van der Waals surface area contributed by atoms with Crippen LogP contribution in [0.15, 0.2) is 54.6 Å². The Hall–Kier alpha value is -3.32. The summed E-state index contributed by atoms with van der Waals surface area (Å²) >= 11 is 0. The number of hydrogen-bond donors (Lipinski definition) is 1. The van der Waals surface area contributed by atoms with Gasteiger partial charge >= 0.3 is 0 Å². The van der Waals surface area contributed by atoms with Gasteiger partial charge < -0.3 is 24.3 Å². The molecule has 1 aromatic heterocycles. The summed E-state index contributed by atoms with van der Waals surface area (Å²) in [5.41, 5.74) is 2.01. The first-order valence-corrected chi connectivity index (χ1v) is 11.2. The van der Waals surface area contributed by atoms with Crippen molar-refractivity contribution in [2.24, 2.45) is 0 Å². The molecule has 1 fully saturated rings. The number of hydrogen-bond acceptors (Lipinski definition) is 4. The molecular weight excluding hydrogens is 418 g/mol. The van der Waals surface area contributed by atoms with Crippen molar-refractivity contribution in [2.45, 2.75) is 39.0 Å². The van der Waals surface area contributed by atoms with E-state index in [9.17, 15) is 9.59 Å². The van der Waals surface area contributed by atoms with Crippen LogP contribution in [0.3, 0.4) is 0 Å². The fraction of sp³-hybridized carbons (Fsp3) is 0.385.